The molecule has 0 saturated carbocycles. The zero-order valence-electron chi connectivity index (χ0n) is 11.7. The Kier molecular flexibility index (Phi) is 5.25. The van der Waals surface area contributed by atoms with Gasteiger partial charge in [0.2, 0.25) is 5.91 Å². The van der Waals surface area contributed by atoms with Crippen LogP contribution in [0.25, 0.3) is 0 Å². The fourth-order valence-electron chi connectivity index (χ4n) is 2.02. The minimum Gasteiger partial charge on any atom is -0.301 e. The molecule has 0 aromatic carbocycles. The fraction of sp³-hybridized carbons (Fsp3) is 0.462. The molecule has 0 saturated heterocycles. The maximum Gasteiger partial charge on any atom is 0.243 e. The summed E-state index contributed by atoms with van der Waals surface area (Å²) >= 11 is 1.43. The summed E-state index contributed by atoms with van der Waals surface area (Å²) in [7, 11) is 1.96. The van der Waals surface area contributed by atoms with Crippen molar-refractivity contribution in [3.63, 3.8) is 0 Å². The van der Waals surface area contributed by atoms with E-state index in [0.29, 0.717) is 5.13 Å². The van der Waals surface area contributed by atoms with Gasteiger partial charge in [-0.05, 0) is 19.5 Å². The van der Waals surface area contributed by atoms with Crippen LogP contribution in [0.2, 0.25) is 0 Å². The molecule has 2 rings (SSSR count). The number of thiazole rings is 1. The number of carbonyl (C=O) groups is 1. The van der Waals surface area contributed by atoms with Crippen molar-refractivity contribution >= 4 is 22.4 Å². The number of amides is 1. The van der Waals surface area contributed by atoms with Crippen LogP contribution in [0.4, 0.5) is 5.13 Å². The lowest BCUT2D eigenvalue weighted by atomic mass is 10.2. The Labute approximate surface area is 122 Å². The fourth-order valence-corrected chi connectivity index (χ4v) is 2.55. The van der Waals surface area contributed by atoms with Gasteiger partial charge in [0.25, 0.3) is 0 Å². The highest BCUT2D eigenvalue weighted by Gasteiger charge is 2.21. The number of hydrogen-bond acceptors (Lipinski definition) is 5. The van der Waals surface area contributed by atoms with E-state index in [1.165, 1.54) is 11.3 Å². The molecule has 1 amide bonds. The predicted molar refractivity (Wildman–Crippen MR) is 79.7 cm³/mol. The van der Waals surface area contributed by atoms with Gasteiger partial charge in [-0.25, -0.2) is 4.98 Å². The molecule has 2 aromatic rings. The van der Waals surface area contributed by atoms with Crippen molar-refractivity contribution in [2.75, 3.05) is 18.9 Å². The molecule has 2 heterocycles. The zero-order chi connectivity index (χ0) is 14.4. The van der Waals surface area contributed by atoms with Crippen molar-refractivity contribution < 1.29 is 4.79 Å². The van der Waals surface area contributed by atoms with Crippen LogP contribution in [0.15, 0.2) is 30.0 Å². The van der Waals surface area contributed by atoms with Gasteiger partial charge >= 0.3 is 0 Å². The number of likely N-dealkylation sites (N-methyl/N-ethyl adjacent to an activating group) is 1. The molecule has 0 radical (unpaired) electrons. The average molecular weight is 293 g/mol. The molecule has 0 spiro atoms. The Morgan fingerprint density at radius 1 is 1.55 bits per heavy atom. The third-order valence-electron chi connectivity index (χ3n) is 3.12. The molecular formula is C13H19N5OS. The summed E-state index contributed by atoms with van der Waals surface area (Å²) in [5.74, 6) is -0.00887. The highest BCUT2D eigenvalue weighted by molar-refractivity contribution is 7.13. The van der Waals surface area contributed by atoms with Gasteiger partial charge in [0.15, 0.2) is 5.13 Å². The molecule has 1 atom stereocenters. The second-order valence-electron chi connectivity index (χ2n) is 4.50. The summed E-state index contributed by atoms with van der Waals surface area (Å²) in [5, 5.41) is 9.50. The monoisotopic (exact) mass is 293 g/mol. The zero-order valence-corrected chi connectivity index (χ0v) is 12.5. The van der Waals surface area contributed by atoms with Crippen LogP contribution in [0, 0.1) is 0 Å². The first kappa shape index (κ1) is 14.7. The van der Waals surface area contributed by atoms with Crippen molar-refractivity contribution in [2.24, 2.45) is 0 Å². The molecule has 2 aromatic heterocycles. The average Bonchev–Trinajstić information content (AvgIpc) is 3.10. The Balaban J connectivity index is 1.87. The second kappa shape index (κ2) is 7.16. The first-order valence-electron chi connectivity index (χ1n) is 6.58. The van der Waals surface area contributed by atoms with Gasteiger partial charge in [0.05, 0.1) is 12.6 Å². The number of rotatable bonds is 7. The van der Waals surface area contributed by atoms with Crippen molar-refractivity contribution in [2.45, 2.75) is 25.9 Å². The van der Waals surface area contributed by atoms with E-state index in [2.05, 4.69) is 15.4 Å². The molecule has 0 aliphatic rings. The minimum absolute atomic E-state index is 0.00887. The lowest BCUT2D eigenvalue weighted by molar-refractivity contribution is -0.121. The molecule has 7 heteroatoms. The number of aromatic nitrogens is 3. The van der Waals surface area contributed by atoms with Crippen LogP contribution < -0.4 is 5.32 Å². The van der Waals surface area contributed by atoms with E-state index in [9.17, 15) is 4.79 Å². The summed E-state index contributed by atoms with van der Waals surface area (Å²) < 4.78 is 1.86. The number of nitrogens with zero attached hydrogens (tertiary/aromatic N) is 4. The van der Waals surface area contributed by atoms with Gasteiger partial charge in [0.1, 0.15) is 0 Å². The van der Waals surface area contributed by atoms with Crippen LogP contribution in [0.1, 0.15) is 13.3 Å². The standard InChI is InChI=1S/C13H19N5OS/c1-3-11(12(19)16-13-14-6-10-20-13)17(2)8-9-18-7-4-5-15-18/h4-7,10-11H,3,8-9H2,1-2H3,(H,14,16,19)/t11-/m1/s1. The highest BCUT2D eigenvalue weighted by atomic mass is 32.1. The largest absolute Gasteiger partial charge is 0.301 e. The van der Waals surface area contributed by atoms with Crippen LogP contribution in [0.3, 0.4) is 0 Å². The summed E-state index contributed by atoms with van der Waals surface area (Å²) in [5.41, 5.74) is 0. The van der Waals surface area contributed by atoms with Gasteiger partial charge < -0.3 is 5.32 Å². The lowest BCUT2D eigenvalue weighted by Crippen LogP contribution is -2.42. The SMILES string of the molecule is CC[C@H](C(=O)Nc1nccs1)N(C)CCn1cccn1. The van der Waals surface area contributed by atoms with Gasteiger partial charge in [-0.1, -0.05) is 6.92 Å². The summed E-state index contributed by atoms with van der Waals surface area (Å²) in [6, 6.07) is 1.74. The van der Waals surface area contributed by atoms with Crippen LogP contribution in [0.5, 0.6) is 0 Å². The third-order valence-corrected chi connectivity index (χ3v) is 3.81. The highest BCUT2D eigenvalue weighted by Crippen LogP contribution is 2.12. The van der Waals surface area contributed by atoms with Crippen LogP contribution in [-0.2, 0) is 11.3 Å². The van der Waals surface area contributed by atoms with E-state index in [1.807, 2.05) is 41.2 Å². The summed E-state index contributed by atoms with van der Waals surface area (Å²) in [6.45, 7) is 3.55. The van der Waals surface area contributed by atoms with E-state index in [4.69, 9.17) is 0 Å². The van der Waals surface area contributed by atoms with E-state index >= 15 is 0 Å². The van der Waals surface area contributed by atoms with Crippen molar-refractivity contribution in [1.29, 1.82) is 0 Å². The first-order chi connectivity index (χ1) is 9.70. The maximum absolute atomic E-state index is 12.2. The normalized spacial score (nSPS) is 12.6. The lowest BCUT2D eigenvalue weighted by Gasteiger charge is -2.25. The molecule has 108 valence electrons. The predicted octanol–water partition coefficient (Wildman–Crippen LogP) is 1.69. The third kappa shape index (κ3) is 3.88. The molecule has 0 unspecified atom stereocenters. The Hall–Kier alpha value is -1.73. The quantitative estimate of drug-likeness (QED) is 0.844. The van der Waals surface area contributed by atoms with Gasteiger partial charge in [0, 0.05) is 30.5 Å². The molecule has 20 heavy (non-hydrogen) atoms. The van der Waals surface area contributed by atoms with Crippen LogP contribution >= 0.6 is 11.3 Å². The van der Waals surface area contributed by atoms with E-state index in [0.717, 1.165) is 19.5 Å². The Morgan fingerprint density at radius 2 is 2.40 bits per heavy atom. The smallest absolute Gasteiger partial charge is 0.243 e. The van der Waals surface area contributed by atoms with Gasteiger partial charge in [-0.2, -0.15) is 5.10 Å². The molecule has 0 fully saturated rings. The number of hydrogen-bond donors (Lipinski definition) is 1. The van der Waals surface area contributed by atoms with Crippen molar-refractivity contribution in [3.8, 4) is 0 Å². The first-order valence-corrected chi connectivity index (χ1v) is 7.46. The van der Waals surface area contributed by atoms with Gasteiger partial charge in [-0.15, -0.1) is 11.3 Å². The van der Waals surface area contributed by atoms with E-state index in [1.54, 1.807) is 12.4 Å². The topological polar surface area (TPSA) is 63.1 Å². The molecule has 0 bridgehead atoms. The van der Waals surface area contributed by atoms with E-state index < -0.39 is 0 Å². The number of nitrogens with one attached hydrogen (secondary N) is 1. The van der Waals surface area contributed by atoms with Crippen molar-refractivity contribution in [3.05, 3.63) is 30.0 Å². The number of anilines is 1. The van der Waals surface area contributed by atoms with Crippen molar-refractivity contribution in [1.82, 2.24) is 19.7 Å². The minimum atomic E-state index is -0.158. The van der Waals surface area contributed by atoms with E-state index in [-0.39, 0.29) is 11.9 Å². The number of carbonyl (C=O) groups excluding carboxylic acids is 1. The maximum atomic E-state index is 12.2. The molecule has 1 N–H and O–H groups in total. The summed E-state index contributed by atoms with van der Waals surface area (Å²) in [6.07, 6.45) is 6.12. The molecule has 0 aliphatic carbocycles. The molecular weight excluding hydrogens is 274 g/mol. The van der Waals surface area contributed by atoms with Gasteiger partial charge in [-0.3, -0.25) is 14.4 Å². The van der Waals surface area contributed by atoms with Crippen LogP contribution in [-0.4, -0.2) is 45.2 Å². The summed E-state index contributed by atoms with van der Waals surface area (Å²) in [4.78, 5) is 18.4. The molecule has 6 nitrogen and oxygen atoms in total. The Bertz CT molecular complexity index is 511. The Morgan fingerprint density at radius 3 is 3.00 bits per heavy atom. The second-order valence-corrected chi connectivity index (χ2v) is 5.39. The molecule has 0 aliphatic heterocycles.